The van der Waals surface area contributed by atoms with Gasteiger partial charge in [-0.25, -0.2) is 0 Å². The van der Waals surface area contributed by atoms with Crippen molar-refractivity contribution < 1.29 is 14.1 Å². The second-order valence-electron chi connectivity index (χ2n) is 5.04. The molecule has 0 aliphatic carbocycles. The number of benzene rings is 2. The molecule has 2 amide bonds. The first-order valence-corrected chi connectivity index (χ1v) is 7.07. The summed E-state index contributed by atoms with van der Waals surface area (Å²) < 4.78 is 5.06. The highest BCUT2D eigenvalue weighted by Crippen LogP contribution is 2.24. The molecule has 0 unspecified atom stereocenters. The van der Waals surface area contributed by atoms with Gasteiger partial charge >= 0.3 is 0 Å². The molecular weight excluding hydrogens is 308 g/mol. The number of nitrogens with one attached hydrogen (secondary N) is 1. The molecule has 0 fully saturated rings. The SMILES string of the molecule is NC(=O)c1cccc(NC(=O)c2ccc(-c3ccno3)cc2)c1N. The van der Waals surface area contributed by atoms with Crippen LogP contribution in [-0.2, 0) is 0 Å². The van der Waals surface area contributed by atoms with Crippen molar-refractivity contribution in [3.8, 4) is 11.3 Å². The van der Waals surface area contributed by atoms with Crippen LogP contribution in [0.1, 0.15) is 20.7 Å². The molecule has 24 heavy (non-hydrogen) atoms. The minimum absolute atomic E-state index is 0.136. The molecule has 3 aromatic rings. The number of amides is 2. The average molecular weight is 322 g/mol. The van der Waals surface area contributed by atoms with E-state index in [9.17, 15) is 9.59 Å². The summed E-state index contributed by atoms with van der Waals surface area (Å²) in [6.07, 6.45) is 1.55. The maximum Gasteiger partial charge on any atom is 0.255 e. The van der Waals surface area contributed by atoms with E-state index < -0.39 is 5.91 Å². The van der Waals surface area contributed by atoms with Gasteiger partial charge in [-0.15, -0.1) is 0 Å². The van der Waals surface area contributed by atoms with E-state index in [-0.39, 0.29) is 17.2 Å². The Morgan fingerprint density at radius 3 is 2.42 bits per heavy atom. The van der Waals surface area contributed by atoms with Gasteiger partial charge in [-0.1, -0.05) is 23.4 Å². The van der Waals surface area contributed by atoms with Crippen LogP contribution in [0.2, 0.25) is 0 Å². The summed E-state index contributed by atoms with van der Waals surface area (Å²) in [5, 5.41) is 6.31. The van der Waals surface area contributed by atoms with Gasteiger partial charge in [0.1, 0.15) is 0 Å². The van der Waals surface area contributed by atoms with Gasteiger partial charge in [0.25, 0.3) is 11.8 Å². The summed E-state index contributed by atoms with van der Waals surface area (Å²) in [7, 11) is 0. The molecule has 5 N–H and O–H groups in total. The lowest BCUT2D eigenvalue weighted by Gasteiger charge is -2.10. The number of nitrogens with zero attached hydrogens (tertiary/aromatic N) is 1. The highest BCUT2D eigenvalue weighted by Gasteiger charge is 2.13. The Balaban J connectivity index is 1.81. The molecule has 0 bridgehead atoms. The number of carbonyl (C=O) groups excluding carboxylic acids is 2. The van der Waals surface area contributed by atoms with E-state index in [0.717, 1.165) is 5.56 Å². The Labute approximate surface area is 137 Å². The monoisotopic (exact) mass is 322 g/mol. The second kappa shape index (κ2) is 6.25. The predicted molar refractivity (Wildman–Crippen MR) is 89.3 cm³/mol. The van der Waals surface area contributed by atoms with Crippen molar-refractivity contribution in [3.63, 3.8) is 0 Å². The minimum Gasteiger partial charge on any atom is -0.396 e. The zero-order valence-electron chi connectivity index (χ0n) is 12.5. The van der Waals surface area contributed by atoms with E-state index in [1.807, 2.05) is 0 Å². The molecule has 0 saturated heterocycles. The molecule has 1 aromatic heterocycles. The van der Waals surface area contributed by atoms with Gasteiger partial charge in [-0.05, 0) is 24.3 Å². The Bertz CT molecular complexity index is 887. The average Bonchev–Trinajstić information content (AvgIpc) is 3.11. The Hall–Kier alpha value is -3.61. The van der Waals surface area contributed by atoms with E-state index in [2.05, 4.69) is 10.5 Å². The fourth-order valence-electron chi connectivity index (χ4n) is 2.23. The van der Waals surface area contributed by atoms with Crippen molar-refractivity contribution in [1.82, 2.24) is 5.16 Å². The van der Waals surface area contributed by atoms with Gasteiger partial charge in [0.05, 0.1) is 23.1 Å². The van der Waals surface area contributed by atoms with Gasteiger partial charge in [0.15, 0.2) is 5.76 Å². The van der Waals surface area contributed by atoms with Crippen molar-refractivity contribution in [2.24, 2.45) is 5.73 Å². The Morgan fingerprint density at radius 2 is 1.79 bits per heavy atom. The molecule has 7 heteroatoms. The number of anilines is 2. The van der Waals surface area contributed by atoms with Gasteiger partial charge < -0.3 is 21.3 Å². The van der Waals surface area contributed by atoms with E-state index in [1.54, 1.807) is 48.7 Å². The van der Waals surface area contributed by atoms with Crippen molar-refractivity contribution in [1.29, 1.82) is 0 Å². The molecule has 0 radical (unpaired) electrons. The van der Waals surface area contributed by atoms with Crippen molar-refractivity contribution in [3.05, 3.63) is 65.9 Å². The number of primary amides is 1. The smallest absolute Gasteiger partial charge is 0.255 e. The third-order valence-corrected chi connectivity index (χ3v) is 3.49. The molecule has 120 valence electrons. The van der Waals surface area contributed by atoms with Crippen LogP contribution in [0.5, 0.6) is 0 Å². The first kappa shape index (κ1) is 15.3. The van der Waals surface area contributed by atoms with Gasteiger partial charge in [0.2, 0.25) is 0 Å². The van der Waals surface area contributed by atoms with Crippen molar-refractivity contribution in [2.75, 3.05) is 11.1 Å². The van der Waals surface area contributed by atoms with Crippen molar-refractivity contribution in [2.45, 2.75) is 0 Å². The number of rotatable bonds is 4. The molecule has 3 rings (SSSR count). The standard InChI is InChI=1S/C17H14N4O3/c18-15-12(16(19)22)2-1-3-13(15)21-17(23)11-6-4-10(5-7-11)14-8-9-20-24-14/h1-9H,18H2,(H2,19,22)(H,21,23). The number of para-hydroxylation sites is 1. The van der Waals surface area contributed by atoms with Crippen LogP contribution in [0.15, 0.2) is 59.3 Å². The highest BCUT2D eigenvalue weighted by atomic mass is 16.5. The number of aromatic nitrogens is 1. The molecule has 0 aliphatic heterocycles. The molecule has 1 heterocycles. The minimum atomic E-state index is -0.653. The van der Waals surface area contributed by atoms with Crippen LogP contribution in [0.3, 0.4) is 0 Å². The molecule has 0 spiro atoms. The fraction of sp³-hybridized carbons (Fsp3) is 0. The highest BCUT2D eigenvalue weighted by molar-refractivity contribution is 6.08. The third-order valence-electron chi connectivity index (χ3n) is 3.49. The summed E-state index contributed by atoms with van der Waals surface area (Å²) in [5.74, 6) is -0.396. The summed E-state index contributed by atoms with van der Waals surface area (Å²) in [5.41, 5.74) is 13.0. The Kier molecular flexibility index (Phi) is 3.98. The van der Waals surface area contributed by atoms with Crippen LogP contribution in [0, 0.1) is 0 Å². The largest absolute Gasteiger partial charge is 0.396 e. The summed E-state index contributed by atoms with van der Waals surface area (Å²) in [6, 6.07) is 13.2. The van der Waals surface area contributed by atoms with Gasteiger partial charge in [0, 0.05) is 17.2 Å². The normalized spacial score (nSPS) is 10.3. The number of nitrogen functional groups attached to an aromatic ring is 1. The molecule has 0 saturated carbocycles. The van der Waals surface area contributed by atoms with Crippen molar-refractivity contribution >= 4 is 23.2 Å². The predicted octanol–water partition coefficient (Wildman–Crippen LogP) is 2.28. The summed E-state index contributed by atoms with van der Waals surface area (Å²) in [4.78, 5) is 23.6. The number of hydrogen-bond donors (Lipinski definition) is 3. The van der Waals surface area contributed by atoms with Gasteiger partial charge in [-0.3, -0.25) is 9.59 Å². The quantitative estimate of drug-likeness (QED) is 0.636. The van der Waals surface area contributed by atoms with Crippen LogP contribution in [-0.4, -0.2) is 17.0 Å². The van der Waals surface area contributed by atoms with E-state index in [0.29, 0.717) is 17.0 Å². The van der Waals surface area contributed by atoms with Gasteiger partial charge in [-0.2, -0.15) is 0 Å². The molecule has 0 aliphatic rings. The summed E-state index contributed by atoms with van der Waals surface area (Å²) in [6.45, 7) is 0. The van der Waals surface area contributed by atoms with Crippen LogP contribution in [0.25, 0.3) is 11.3 Å². The molecule has 7 nitrogen and oxygen atoms in total. The molecule has 0 atom stereocenters. The molecule has 2 aromatic carbocycles. The third kappa shape index (κ3) is 2.95. The lowest BCUT2D eigenvalue weighted by Crippen LogP contribution is -2.17. The van der Waals surface area contributed by atoms with E-state index in [4.69, 9.17) is 16.0 Å². The number of hydrogen-bond acceptors (Lipinski definition) is 5. The topological polar surface area (TPSA) is 124 Å². The first-order chi connectivity index (χ1) is 11.6. The summed E-state index contributed by atoms with van der Waals surface area (Å²) >= 11 is 0. The number of nitrogens with two attached hydrogens (primary N) is 2. The first-order valence-electron chi connectivity index (χ1n) is 7.07. The molecular formula is C17H14N4O3. The Morgan fingerprint density at radius 1 is 1.04 bits per heavy atom. The zero-order valence-corrected chi connectivity index (χ0v) is 12.5. The van der Waals surface area contributed by atoms with Crippen LogP contribution < -0.4 is 16.8 Å². The van der Waals surface area contributed by atoms with E-state index in [1.165, 1.54) is 6.07 Å². The van der Waals surface area contributed by atoms with Crippen LogP contribution in [0.4, 0.5) is 11.4 Å². The lowest BCUT2D eigenvalue weighted by molar-refractivity contribution is 0.0997. The fourth-order valence-corrected chi connectivity index (χ4v) is 2.23. The maximum atomic E-state index is 12.3. The van der Waals surface area contributed by atoms with E-state index >= 15 is 0 Å². The van der Waals surface area contributed by atoms with Crippen LogP contribution >= 0.6 is 0 Å². The second-order valence-corrected chi connectivity index (χ2v) is 5.04. The zero-order chi connectivity index (χ0) is 17.1. The lowest BCUT2D eigenvalue weighted by atomic mass is 10.1. The number of carbonyl (C=O) groups is 2. The maximum absolute atomic E-state index is 12.3.